The summed E-state index contributed by atoms with van der Waals surface area (Å²) in [5, 5.41) is 10.7. The van der Waals surface area contributed by atoms with Crippen molar-refractivity contribution in [3.8, 4) is 5.75 Å². The highest BCUT2D eigenvalue weighted by Crippen LogP contribution is 2.31. The summed E-state index contributed by atoms with van der Waals surface area (Å²) in [4.78, 5) is 0. The third-order valence-corrected chi connectivity index (χ3v) is 3.64. The van der Waals surface area contributed by atoms with E-state index in [1.54, 1.807) is 13.3 Å². The molecule has 0 saturated carbocycles. The first-order valence-electron chi connectivity index (χ1n) is 6.65. The predicted octanol–water partition coefficient (Wildman–Crippen LogP) is 3.17. The molecule has 19 heavy (non-hydrogen) atoms. The lowest BCUT2D eigenvalue weighted by molar-refractivity contribution is 0.411. The van der Waals surface area contributed by atoms with Crippen molar-refractivity contribution in [2.75, 3.05) is 7.11 Å². The molecule has 102 valence electrons. The second kappa shape index (κ2) is 5.87. The minimum Gasteiger partial charge on any atom is -0.496 e. The zero-order chi connectivity index (χ0) is 13.8. The molecule has 0 aliphatic carbocycles. The van der Waals surface area contributed by atoms with Crippen LogP contribution < -0.4 is 4.74 Å². The summed E-state index contributed by atoms with van der Waals surface area (Å²) in [5.41, 5.74) is 4.85. The van der Waals surface area contributed by atoms with E-state index in [9.17, 15) is 0 Å². The number of benzene rings is 1. The van der Waals surface area contributed by atoms with Crippen molar-refractivity contribution >= 4 is 0 Å². The van der Waals surface area contributed by atoms with Crippen LogP contribution in [0.1, 0.15) is 41.6 Å². The third-order valence-electron chi connectivity index (χ3n) is 3.64. The Hall–Kier alpha value is -1.84. The fourth-order valence-corrected chi connectivity index (χ4v) is 2.52. The second-order valence-electron chi connectivity index (χ2n) is 4.95. The molecule has 4 heteroatoms. The molecule has 1 aromatic heterocycles. The topological polar surface area (TPSA) is 50.8 Å². The van der Waals surface area contributed by atoms with Gasteiger partial charge in [-0.2, -0.15) is 15.4 Å². The standard InChI is InChI=1S/C15H21N3O/c1-5-12(8-13-9-16-18-17-13)14-6-11(3)15(19-4)7-10(14)2/h6-7,9,12H,5,8H2,1-4H3,(H,16,17,18). The molecule has 0 aliphatic heterocycles. The minimum atomic E-state index is 0.467. The van der Waals surface area contributed by atoms with Crippen molar-refractivity contribution in [1.29, 1.82) is 0 Å². The fourth-order valence-electron chi connectivity index (χ4n) is 2.52. The summed E-state index contributed by atoms with van der Waals surface area (Å²) in [7, 11) is 1.72. The summed E-state index contributed by atoms with van der Waals surface area (Å²) < 4.78 is 5.37. The number of hydrogen-bond donors (Lipinski definition) is 1. The Morgan fingerprint density at radius 1 is 1.26 bits per heavy atom. The number of nitrogens with one attached hydrogen (secondary N) is 1. The number of methoxy groups -OCH3 is 1. The maximum atomic E-state index is 5.37. The zero-order valence-corrected chi connectivity index (χ0v) is 12.0. The smallest absolute Gasteiger partial charge is 0.122 e. The van der Waals surface area contributed by atoms with Gasteiger partial charge in [-0.1, -0.05) is 13.0 Å². The lowest BCUT2D eigenvalue weighted by Crippen LogP contribution is -2.05. The lowest BCUT2D eigenvalue weighted by atomic mass is 9.88. The van der Waals surface area contributed by atoms with Gasteiger partial charge in [0, 0.05) is 0 Å². The van der Waals surface area contributed by atoms with Gasteiger partial charge in [0.25, 0.3) is 0 Å². The number of aryl methyl sites for hydroxylation is 2. The highest BCUT2D eigenvalue weighted by molar-refractivity contribution is 5.43. The molecule has 1 atom stereocenters. The Labute approximate surface area is 114 Å². The minimum absolute atomic E-state index is 0.467. The SMILES string of the molecule is CCC(Cc1cn[nH]n1)c1cc(C)c(OC)cc1C. The Balaban J connectivity index is 2.30. The molecular formula is C15H21N3O. The van der Waals surface area contributed by atoms with Crippen LogP contribution in [0.5, 0.6) is 5.75 Å². The van der Waals surface area contributed by atoms with E-state index in [4.69, 9.17) is 4.74 Å². The highest BCUT2D eigenvalue weighted by Gasteiger charge is 2.16. The van der Waals surface area contributed by atoms with Gasteiger partial charge in [-0.15, -0.1) is 0 Å². The number of hydrogen-bond acceptors (Lipinski definition) is 3. The molecule has 1 N–H and O–H groups in total. The van der Waals surface area contributed by atoms with Gasteiger partial charge in [0.2, 0.25) is 0 Å². The van der Waals surface area contributed by atoms with E-state index in [1.807, 2.05) is 0 Å². The van der Waals surface area contributed by atoms with E-state index in [2.05, 4.69) is 48.3 Å². The maximum Gasteiger partial charge on any atom is 0.122 e. The largest absolute Gasteiger partial charge is 0.496 e. The van der Waals surface area contributed by atoms with Crippen molar-refractivity contribution in [2.24, 2.45) is 0 Å². The molecular weight excluding hydrogens is 238 g/mol. The van der Waals surface area contributed by atoms with Crippen molar-refractivity contribution in [2.45, 2.75) is 39.5 Å². The molecule has 2 rings (SSSR count). The van der Waals surface area contributed by atoms with Gasteiger partial charge in [-0.25, -0.2) is 0 Å². The first kappa shape index (κ1) is 13.6. The fraction of sp³-hybridized carbons (Fsp3) is 0.467. The van der Waals surface area contributed by atoms with Crippen LogP contribution in [0, 0.1) is 13.8 Å². The molecule has 2 aromatic rings. The molecule has 0 fully saturated rings. The number of H-pyrrole nitrogens is 1. The van der Waals surface area contributed by atoms with Crippen LogP contribution in [0.25, 0.3) is 0 Å². The molecule has 1 unspecified atom stereocenters. The van der Waals surface area contributed by atoms with Crippen molar-refractivity contribution in [3.63, 3.8) is 0 Å². The van der Waals surface area contributed by atoms with Crippen LogP contribution in [0.3, 0.4) is 0 Å². The number of rotatable bonds is 5. The number of nitrogens with zero attached hydrogens (tertiary/aromatic N) is 2. The lowest BCUT2D eigenvalue weighted by Gasteiger charge is -2.19. The van der Waals surface area contributed by atoms with E-state index in [1.165, 1.54) is 16.7 Å². The van der Waals surface area contributed by atoms with Crippen molar-refractivity contribution in [1.82, 2.24) is 15.4 Å². The van der Waals surface area contributed by atoms with Crippen LogP contribution in [0.4, 0.5) is 0 Å². The molecule has 0 aliphatic rings. The van der Waals surface area contributed by atoms with Crippen LogP contribution in [0.2, 0.25) is 0 Å². The quantitative estimate of drug-likeness (QED) is 0.897. The normalized spacial score (nSPS) is 12.4. The Morgan fingerprint density at radius 2 is 2.05 bits per heavy atom. The predicted molar refractivity (Wildman–Crippen MR) is 75.6 cm³/mol. The zero-order valence-electron chi connectivity index (χ0n) is 12.0. The van der Waals surface area contributed by atoms with E-state index in [0.717, 1.165) is 24.3 Å². The Bertz CT molecular complexity index is 535. The third kappa shape index (κ3) is 2.95. The van der Waals surface area contributed by atoms with Crippen molar-refractivity contribution < 1.29 is 4.74 Å². The van der Waals surface area contributed by atoms with Gasteiger partial charge >= 0.3 is 0 Å². The van der Waals surface area contributed by atoms with E-state index >= 15 is 0 Å². The van der Waals surface area contributed by atoms with Crippen molar-refractivity contribution in [3.05, 3.63) is 40.7 Å². The summed E-state index contributed by atoms with van der Waals surface area (Å²) in [6.07, 6.45) is 3.80. The second-order valence-corrected chi connectivity index (χ2v) is 4.95. The van der Waals surface area contributed by atoms with E-state index < -0.39 is 0 Å². The van der Waals surface area contributed by atoms with Crippen LogP contribution in [0.15, 0.2) is 18.3 Å². The summed E-state index contributed by atoms with van der Waals surface area (Å²) in [6, 6.07) is 4.36. The number of ether oxygens (including phenoxy) is 1. The number of aromatic nitrogens is 3. The monoisotopic (exact) mass is 259 g/mol. The summed E-state index contributed by atoms with van der Waals surface area (Å²) in [6.45, 7) is 6.44. The molecule has 0 saturated heterocycles. The average Bonchev–Trinajstić information content (AvgIpc) is 2.91. The Morgan fingerprint density at radius 3 is 2.63 bits per heavy atom. The van der Waals surface area contributed by atoms with Gasteiger partial charge in [-0.05, 0) is 55.4 Å². The molecule has 0 radical (unpaired) electrons. The van der Waals surface area contributed by atoms with Gasteiger partial charge in [-0.3, -0.25) is 0 Å². The molecule has 1 heterocycles. The van der Waals surface area contributed by atoms with Gasteiger partial charge in [0.05, 0.1) is 19.0 Å². The van der Waals surface area contributed by atoms with Crippen LogP contribution in [-0.4, -0.2) is 22.5 Å². The van der Waals surface area contributed by atoms with Crippen LogP contribution in [-0.2, 0) is 6.42 Å². The first-order chi connectivity index (χ1) is 9.15. The number of aromatic amines is 1. The molecule has 0 bridgehead atoms. The van der Waals surface area contributed by atoms with Gasteiger partial charge < -0.3 is 4.74 Å². The van der Waals surface area contributed by atoms with Crippen LogP contribution >= 0.6 is 0 Å². The van der Waals surface area contributed by atoms with Gasteiger partial charge in [0.15, 0.2) is 0 Å². The van der Waals surface area contributed by atoms with E-state index in [-0.39, 0.29) is 0 Å². The maximum absolute atomic E-state index is 5.37. The summed E-state index contributed by atoms with van der Waals surface area (Å²) in [5.74, 6) is 1.42. The summed E-state index contributed by atoms with van der Waals surface area (Å²) >= 11 is 0. The Kier molecular flexibility index (Phi) is 4.20. The molecule has 0 amide bonds. The van der Waals surface area contributed by atoms with E-state index in [0.29, 0.717) is 5.92 Å². The molecule has 1 aromatic carbocycles. The molecule has 0 spiro atoms. The first-order valence-corrected chi connectivity index (χ1v) is 6.65. The average molecular weight is 259 g/mol. The highest BCUT2D eigenvalue weighted by atomic mass is 16.5. The molecule has 4 nitrogen and oxygen atoms in total. The van der Waals surface area contributed by atoms with Gasteiger partial charge in [0.1, 0.15) is 5.75 Å².